The maximum absolute atomic E-state index is 10.9. The van der Waals surface area contributed by atoms with E-state index in [0.717, 1.165) is 32.4 Å². The molecule has 6 heteroatoms. The fourth-order valence-electron chi connectivity index (χ4n) is 3.24. The van der Waals surface area contributed by atoms with Crippen LogP contribution < -0.4 is 0 Å². The molecular formula is C18H28N2O4. The van der Waals surface area contributed by atoms with Crippen LogP contribution in [0.5, 0.6) is 0 Å². The van der Waals surface area contributed by atoms with Crippen molar-refractivity contribution in [3.05, 3.63) is 39.9 Å². The molecule has 0 amide bonds. The van der Waals surface area contributed by atoms with Crippen molar-refractivity contribution < 1.29 is 14.8 Å². The third-order valence-electron chi connectivity index (χ3n) is 4.52. The second-order valence-corrected chi connectivity index (χ2v) is 6.72. The number of likely N-dealkylation sites (tertiary alicyclic amines) is 1. The van der Waals surface area contributed by atoms with Gasteiger partial charge in [-0.1, -0.05) is 18.6 Å². The molecule has 134 valence electrons. The van der Waals surface area contributed by atoms with Crippen LogP contribution in [0.4, 0.5) is 5.69 Å². The summed E-state index contributed by atoms with van der Waals surface area (Å²) >= 11 is 0. The number of benzene rings is 1. The number of hydrogen-bond acceptors (Lipinski definition) is 5. The van der Waals surface area contributed by atoms with Crippen molar-refractivity contribution in [1.29, 1.82) is 0 Å². The van der Waals surface area contributed by atoms with E-state index in [4.69, 9.17) is 4.74 Å². The Labute approximate surface area is 143 Å². The Hall–Kier alpha value is -1.50. The van der Waals surface area contributed by atoms with Crippen LogP contribution in [0.3, 0.4) is 0 Å². The van der Waals surface area contributed by atoms with Crippen molar-refractivity contribution in [1.82, 2.24) is 4.90 Å². The van der Waals surface area contributed by atoms with Crippen LogP contribution in [-0.2, 0) is 4.74 Å². The lowest BCUT2D eigenvalue weighted by Crippen LogP contribution is -2.42. The Kier molecular flexibility index (Phi) is 7.15. The molecule has 1 aliphatic rings. The fourth-order valence-corrected chi connectivity index (χ4v) is 3.24. The molecule has 1 aromatic rings. The second kappa shape index (κ2) is 9.11. The first kappa shape index (κ1) is 18.8. The maximum atomic E-state index is 10.9. The first-order valence-corrected chi connectivity index (χ1v) is 8.75. The standard InChI is InChI=1S/C18H28N2O4/c1-14(2)24-11-9-16-7-3-4-10-19(16)13-18(21)15-6-5-8-17(12-15)20(22)23/h5-6,8,12,14,16,18,21H,3-4,7,9-11,13H2,1-2H3. The van der Waals surface area contributed by atoms with E-state index in [1.54, 1.807) is 12.1 Å². The average molecular weight is 336 g/mol. The van der Waals surface area contributed by atoms with E-state index in [1.807, 2.05) is 13.8 Å². The lowest BCUT2D eigenvalue weighted by atomic mass is 9.98. The molecule has 1 fully saturated rings. The molecular weight excluding hydrogens is 308 g/mol. The quantitative estimate of drug-likeness (QED) is 0.582. The topological polar surface area (TPSA) is 75.8 Å². The Morgan fingerprint density at radius 1 is 1.42 bits per heavy atom. The predicted octanol–water partition coefficient (Wildman–Crippen LogP) is 3.30. The molecule has 0 bridgehead atoms. The van der Waals surface area contributed by atoms with Crippen LogP contribution in [0.25, 0.3) is 0 Å². The van der Waals surface area contributed by atoms with Crippen LogP contribution in [0.2, 0.25) is 0 Å². The minimum Gasteiger partial charge on any atom is -0.387 e. The molecule has 0 aromatic heterocycles. The first-order valence-electron chi connectivity index (χ1n) is 8.75. The van der Waals surface area contributed by atoms with E-state index >= 15 is 0 Å². The molecule has 1 heterocycles. The average Bonchev–Trinajstić information content (AvgIpc) is 2.56. The number of aliphatic hydroxyl groups is 1. The number of aliphatic hydroxyl groups excluding tert-OH is 1. The van der Waals surface area contributed by atoms with E-state index in [9.17, 15) is 15.2 Å². The van der Waals surface area contributed by atoms with E-state index < -0.39 is 11.0 Å². The summed E-state index contributed by atoms with van der Waals surface area (Å²) in [6.07, 6.45) is 3.93. The number of nitro groups is 1. The highest BCUT2D eigenvalue weighted by atomic mass is 16.6. The summed E-state index contributed by atoms with van der Waals surface area (Å²) in [6, 6.07) is 6.69. The zero-order chi connectivity index (χ0) is 17.5. The number of nitrogens with zero attached hydrogens (tertiary/aromatic N) is 2. The zero-order valence-corrected chi connectivity index (χ0v) is 14.6. The van der Waals surface area contributed by atoms with Crippen molar-refractivity contribution in [2.24, 2.45) is 0 Å². The first-order chi connectivity index (χ1) is 11.5. The molecule has 0 radical (unpaired) electrons. The van der Waals surface area contributed by atoms with Gasteiger partial charge in [-0.2, -0.15) is 0 Å². The summed E-state index contributed by atoms with van der Waals surface area (Å²) in [5.41, 5.74) is 0.624. The highest BCUT2D eigenvalue weighted by Gasteiger charge is 2.25. The SMILES string of the molecule is CC(C)OCCC1CCCCN1CC(O)c1cccc([N+](=O)[O-])c1. The molecule has 0 spiro atoms. The van der Waals surface area contributed by atoms with E-state index in [-0.39, 0.29) is 11.8 Å². The normalized spacial score (nSPS) is 20.2. The molecule has 0 aliphatic carbocycles. The number of rotatable bonds is 8. The Morgan fingerprint density at radius 3 is 2.92 bits per heavy atom. The molecule has 1 aromatic carbocycles. The Balaban J connectivity index is 1.95. The van der Waals surface area contributed by atoms with Crippen LogP contribution in [0.15, 0.2) is 24.3 Å². The lowest BCUT2D eigenvalue weighted by Gasteiger charge is -2.37. The van der Waals surface area contributed by atoms with Crippen molar-refractivity contribution in [3.8, 4) is 0 Å². The molecule has 1 aliphatic heterocycles. The van der Waals surface area contributed by atoms with E-state index in [0.29, 0.717) is 18.2 Å². The molecule has 24 heavy (non-hydrogen) atoms. The largest absolute Gasteiger partial charge is 0.387 e. The predicted molar refractivity (Wildman–Crippen MR) is 93.0 cm³/mol. The van der Waals surface area contributed by atoms with E-state index in [1.165, 1.54) is 18.6 Å². The highest BCUT2D eigenvalue weighted by Crippen LogP contribution is 2.25. The van der Waals surface area contributed by atoms with Gasteiger partial charge in [-0.15, -0.1) is 0 Å². The van der Waals surface area contributed by atoms with Crippen LogP contribution in [0.1, 0.15) is 51.2 Å². The summed E-state index contributed by atoms with van der Waals surface area (Å²) in [7, 11) is 0. The monoisotopic (exact) mass is 336 g/mol. The van der Waals surface area contributed by atoms with Gasteiger partial charge in [-0.25, -0.2) is 0 Å². The van der Waals surface area contributed by atoms with Gasteiger partial charge in [0, 0.05) is 31.3 Å². The van der Waals surface area contributed by atoms with Gasteiger partial charge in [0.05, 0.1) is 17.1 Å². The molecule has 1 saturated heterocycles. The van der Waals surface area contributed by atoms with Crippen molar-refractivity contribution in [2.75, 3.05) is 19.7 Å². The molecule has 2 unspecified atom stereocenters. The van der Waals surface area contributed by atoms with Crippen LogP contribution >= 0.6 is 0 Å². The number of piperidine rings is 1. The van der Waals surface area contributed by atoms with Gasteiger partial charge in [-0.05, 0) is 45.2 Å². The van der Waals surface area contributed by atoms with Crippen molar-refractivity contribution >= 4 is 5.69 Å². The summed E-state index contributed by atoms with van der Waals surface area (Å²) in [4.78, 5) is 12.8. The number of ether oxygens (including phenoxy) is 1. The van der Waals surface area contributed by atoms with E-state index in [2.05, 4.69) is 4.90 Å². The Bertz CT molecular complexity index is 536. The maximum Gasteiger partial charge on any atom is 0.269 e. The van der Waals surface area contributed by atoms with Crippen LogP contribution in [-0.4, -0.2) is 46.8 Å². The van der Waals surface area contributed by atoms with Gasteiger partial charge in [0.25, 0.3) is 5.69 Å². The second-order valence-electron chi connectivity index (χ2n) is 6.72. The zero-order valence-electron chi connectivity index (χ0n) is 14.6. The summed E-state index contributed by atoms with van der Waals surface area (Å²) in [5, 5.41) is 21.4. The number of β-amino-alcohol motifs (C(OH)–C–C–N with tert-alkyl or cyclic N) is 1. The minimum atomic E-state index is -0.712. The van der Waals surface area contributed by atoms with Crippen molar-refractivity contribution in [3.63, 3.8) is 0 Å². The molecule has 0 saturated carbocycles. The summed E-state index contributed by atoms with van der Waals surface area (Å²) in [5.74, 6) is 0. The van der Waals surface area contributed by atoms with Gasteiger partial charge in [0.2, 0.25) is 0 Å². The number of hydrogen-bond donors (Lipinski definition) is 1. The molecule has 2 rings (SSSR count). The smallest absolute Gasteiger partial charge is 0.269 e. The summed E-state index contributed by atoms with van der Waals surface area (Å²) < 4.78 is 5.66. The fraction of sp³-hybridized carbons (Fsp3) is 0.667. The summed E-state index contributed by atoms with van der Waals surface area (Å²) in [6.45, 7) is 6.26. The third-order valence-corrected chi connectivity index (χ3v) is 4.52. The van der Waals surface area contributed by atoms with Gasteiger partial charge >= 0.3 is 0 Å². The van der Waals surface area contributed by atoms with Gasteiger partial charge < -0.3 is 9.84 Å². The Morgan fingerprint density at radius 2 is 2.21 bits per heavy atom. The lowest BCUT2D eigenvalue weighted by molar-refractivity contribution is -0.385. The molecule has 2 atom stereocenters. The van der Waals surface area contributed by atoms with Crippen molar-refractivity contribution in [2.45, 2.75) is 57.8 Å². The van der Waals surface area contributed by atoms with Gasteiger partial charge in [-0.3, -0.25) is 15.0 Å². The van der Waals surface area contributed by atoms with Gasteiger partial charge in [0.15, 0.2) is 0 Å². The third kappa shape index (κ3) is 5.54. The van der Waals surface area contributed by atoms with Crippen LogP contribution in [0, 0.1) is 10.1 Å². The minimum absolute atomic E-state index is 0.0204. The molecule has 6 nitrogen and oxygen atoms in total. The van der Waals surface area contributed by atoms with Gasteiger partial charge in [0.1, 0.15) is 0 Å². The number of non-ortho nitro benzene ring substituents is 1. The highest BCUT2D eigenvalue weighted by molar-refractivity contribution is 5.35. The number of nitro benzene ring substituents is 1. The molecule has 1 N–H and O–H groups in total.